The van der Waals surface area contributed by atoms with Crippen molar-refractivity contribution in [1.29, 1.82) is 0 Å². The fourth-order valence-corrected chi connectivity index (χ4v) is 1.56. The van der Waals surface area contributed by atoms with E-state index in [1.807, 2.05) is 12.1 Å². The van der Waals surface area contributed by atoms with Gasteiger partial charge in [-0.2, -0.15) is 0 Å². The molecule has 1 aromatic rings. The van der Waals surface area contributed by atoms with E-state index in [0.717, 1.165) is 10.9 Å². The smallest absolute Gasteiger partial charge is 0.115 e. The minimum atomic E-state index is 0.351. The standard InChI is InChI=1S/C10H13BrO/c1-2-3-4-8-7-9(12)5-6-10(8)11/h5-7,12H,2-4H2,1H3. The quantitative estimate of drug-likeness (QED) is 0.840. The van der Waals surface area contributed by atoms with Crippen molar-refractivity contribution in [2.45, 2.75) is 26.2 Å². The highest BCUT2D eigenvalue weighted by Crippen LogP contribution is 2.23. The van der Waals surface area contributed by atoms with Crippen LogP contribution in [0.15, 0.2) is 22.7 Å². The molecule has 0 saturated heterocycles. The summed E-state index contributed by atoms with van der Waals surface area (Å²) in [6.07, 6.45) is 3.38. The molecular formula is C10H13BrO. The number of aryl methyl sites for hydroxylation is 1. The number of phenolic OH excluding ortho intramolecular Hbond substituents is 1. The first kappa shape index (κ1) is 9.59. The molecule has 12 heavy (non-hydrogen) atoms. The lowest BCUT2D eigenvalue weighted by molar-refractivity contribution is 0.474. The molecule has 0 atom stereocenters. The number of rotatable bonds is 3. The van der Waals surface area contributed by atoms with Crippen LogP contribution < -0.4 is 0 Å². The lowest BCUT2D eigenvalue weighted by Crippen LogP contribution is -1.85. The molecule has 1 rings (SSSR count). The van der Waals surface area contributed by atoms with Gasteiger partial charge < -0.3 is 5.11 Å². The minimum absolute atomic E-state index is 0.351. The second kappa shape index (κ2) is 4.51. The van der Waals surface area contributed by atoms with Crippen molar-refractivity contribution < 1.29 is 5.11 Å². The van der Waals surface area contributed by atoms with Crippen molar-refractivity contribution in [2.75, 3.05) is 0 Å². The molecule has 0 spiro atoms. The Balaban J connectivity index is 2.75. The fraction of sp³-hybridized carbons (Fsp3) is 0.400. The van der Waals surface area contributed by atoms with Crippen LogP contribution in [0.4, 0.5) is 0 Å². The van der Waals surface area contributed by atoms with Crippen LogP contribution in [-0.4, -0.2) is 5.11 Å². The van der Waals surface area contributed by atoms with Gasteiger partial charge in [0.15, 0.2) is 0 Å². The first-order chi connectivity index (χ1) is 5.74. The molecule has 0 fully saturated rings. The van der Waals surface area contributed by atoms with Crippen LogP contribution in [0.1, 0.15) is 25.3 Å². The molecule has 0 aliphatic heterocycles. The number of hydrogen-bond acceptors (Lipinski definition) is 1. The van der Waals surface area contributed by atoms with Gasteiger partial charge in [0.2, 0.25) is 0 Å². The minimum Gasteiger partial charge on any atom is -0.508 e. The highest BCUT2D eigenvalue weighted by Gasteiger charge is 1.99. The maximum atomic E-state index is 9.22. The molecule has 0 aliphatic carbocycles. The molecule has 0 heterocycles. The van der Waals surface area contributed by atoms with Gasteiger partial charge in [-0.25, -0.2) is 0 Å². The van der Waals surface area contributed by atoms with Crippen molar-refractivity contribution in [3.05, 3.63) is 28.2 Å². The maximum Gasteiger partial charge on any atom is 0.115 e. The van der Waals surface area contributed by atoms with E-state index in [-0.39, 0.29) is 0 Å². The van der Waals surface area contributed by atoms with E-state index in [1.165, 1.54) is 18.4 Å². The first-order valence-corrected chi connectivity index (χ1v) is 5.00. The summed E-state index contributed by atoms with van der Waals surface area (Å²) in [5.41, 5.74) is 1.19. The van der Waals surface area contributed by atoms with Crippen molar-refractivity contribution in [2.24, 2.45) is 0 Å². The summed E-state index contributed by atoms with van der Waals surface area (Å²) in [7, 11) is 0. The summed E-state index contributed by atoms with van der Waals surface area (Å²) in [5.74, 6) is 0.351. The summed E-state index contributed by atoms with van der Waals surface area (Å²) >= 11 is 3.45. The summed E-state index contributed by atoms with van der Waals surface area (Å²) in [5, 5.41) is 9.22. The van der Waals surface area contributed by atoms with E-state index in [9.17, 15) is 5.11 Å². The number of unbranched alkanes of at least 4 members (excludes halogenated alkanes) is 1. The number of halogens is 1. The lowest BCUT2D eigenvalue weighted by Gasteiger charge is -2.03. The molecular weight excluding hydrogens is 216 g/mol. The first-order valence-electron chi connectivity index (χ1n) is 4.21. The SMILES string of the molecule is CCCCc1cc(O)ccc1Br. The molecule has 1 aromatic carbocycles. The van der Waals surface area contributed by atoms with Crippen LogP contribution in [0.2, 0.25) is 0 Å². The highest BCUT2D eigenvalue weighted by atomic mass is 79.9. The highest BCUT2D eigenvalue weighted by molar-refractivity contribution is 9.10. The predicted molar refractivity (Wildman–Crippen MR) is 54.4 cm³/mol. The molecule has 0 aromatic heterocycles. The van der Waals surface area contributed by atoms with Crippen LogP contribution in [-0.2, 0) is 6.42 Å². The Hall–Kier alpha value is -0.500. The molecule has 0 amide bonds. The summed E-state index contributed by atoms with van der Waals surface area (Å²) in [6, 6.07) is 5.40. The number of hydrogen-bond donors (Lipinski definition) is 1. The third-order valence-corrected chi connectivity index (χ3v) is 2.60. The zero-order valence-corrected chi connectivity index (χ0v) is 8.76. The van der Waals surface area contributed by atoms with Gasteiger partial charge in [-0.1, -0.05) is 29.3 Å². The Labute approximate surface area is 81.6 Å². The van der Waals surface area contributed by atoms with Gasteiger partial charge in [-0.3, -0.25) is 0 Å². The molecule has 0 bridgehead atoms. The Morgan fingerprint density at radius 1 is 1.42 bits per heavy atom. The van der Waals surface area contributed by atoms with Crippen LogP contribution in [0.25, 0.3) is 0 Å². The van der Waals surface area contributed by atoms with Gasteiger partial charge in [0.05, 0.1) is 0 Å². The zero-order valence-electron chi connectivity index (χ0n) is 7.18. The Kier molecular flexibility index (Phi) is 3.60. The van der Waals surface area contributed by atoms with Gasteiger partial charge in [-0.15, -0.1) is 0 Å². The second-order valence-electron chi connectivity index (χ2n) is 2.88. The normalized spacial score (nSPS) is 10.2. The lowest BCUT2D eigenvalue weighted by atomic mass is 10.1. The molecule has 1 N–H and O–H groups in total. The Morgan fingerprint density at radius 2 is 2.17 bits per heavy atom. The number of phenols is 1. The van der Waals surface area contributed by atoms with Crippen LogP contribution >= 0.6 is 15.9 Å². The average molecular weight is 229 g/mol. The molecule has 2 heteroatoms. The monoisotopic (exact) mass is 228 g/mol. The van der Waals surface area contributed by atoms with Crippen LogP contribution in [0.3, 0.4) is 0 Å². The third kappa shape index (κ3) is 2.52. The van der Waals surface area contributed by atoms with Gasteiger partial charge >= 0.3 is 0 Å². The number of aromatic hydroxyl groups is 1. The van der Waals surface area contributed by atoms with E-state index in [1.54, 1.807) is 6.07 Å². The topological polar surface area (TPSA) is 20.2 Å². The van der Waals surface area contributed by atoms with E-state index in [4.69, 9.17) is 0 Å². The Morgan fingerprint density at radius 3 is 2.83 bits per heavy atom. The van der Waals surface area contributed by atoms with E-state index < -0.39 is 0 Å². The molecule has 0 unspecified atom stereocenters. The Bertz CT molecular complexity index is 258. The van der Waals surface area contributed by atoms with Crippen molar-refractivity contribution in [1.82, 2.24) is 0 Å². The zero-order chi connectivity index (χ0) is 8.97. The average Bonchev–Trinajstić information content (AvgIpc) is 2.07. The van der Waals surface area contributed by atoms with E-state index in [2.05, 4.69) is 22.9 Å². The molecule has 0 aliphatic rings. The number of benzene rings is 1. The van der Waals surface area contributed by atoms with E-state index in [0.29, 0.717) is 5.75 Å². The molecule has 0 radical (unpaired) electrons. The van der Waals surface area contributed by atoms with Crippen molar-refractivity contribution in [3.63, 3.8) is 0 Å². The fourth-order valence-electron chi connectivity index (χ4n) is 1.12. The summed E-state index contributed by atoms with van der Waals surface area (Å²) in [4.78, 5) is 0. The summed E-state index contributed by atoms with van der Waals surface area (Å²) in [6.45, 7) is 2.16. The molecule has 66 valence electrons. The van der Waals surface area contributed by atoms with Crippen LogP contribution in [0, 0.1) is 0 Å². The second-order valence-corrected chi connectivity index (χ2v) is 3.73. The predicted octanol–water partition coefficient (Wildman–Crippen LogP) is 3.50. The van der Waals surface area contributed by atoms with Gasteiger partial charge in [0.1, 0.15) is 5.75 Å². The van der Waals surface area contributed by atoms with Gasteiger partial charge in [0, 0.05) is 4.47 Å². The van der Waals surface area contributed by atoms with E-state index >= 15 is 0 Å². The van der Waals surface area contributed by atoms with Gasteiger partial charge in [-0.05, 0) is 36.6 Å². The molecule has 0 saturated carbocycles. The van der Waals surface area contributed by atoms with Gasteiger partial charge in [0.25, 0.3) is 0 Å². The third-order valence-electron chi connectivity index (χ3n) is 1.83. The summed E-state index contributed by atoms with van der Waals surface area (Å²) < 4.78 is 1.09. The molecule has 1 nitrogen and oxygen atoms in total. The van der Waals surface area contributed by atoms with Crippen LogP contribution in [0.5, 0.6) is 5.75 Å². The van der Waals surface area contributed by atoms with Crippen molar-refractivity contribution >= 4 is 15.9 Å². The largest absolute Gasteiger partial charge is 0.508 e. The maximum absolute atomic E-state index is 9.22. The van der Waals surface area contributed by atoms with Crippen molar-refractivity contribution in [3.8, 4) is 5.75 Å².